The largest absolute Gasteiger partial charge is 0.462 e. The lowest BCUT2D eigenvalue weighted by molar-refractivity contribution is -0.139. The molecule has 0 aromatic heterocycles. The van der Waals surface area contributed by atoms with Crippen molar-refractivity contribution in [2.75, 3.05) is 26.4 Å². The molecule has 0 aromatic carbocycles. The molecule has 0 aromatic rings. The summed E-state index contributed by atoms with van der Waals surface area (Å²) in [5.41, 5.74) is 0.477. The first-order chi connectivity index (χ1) is 14.7. The second-order valence-corrected chi connectivity index (χ2v) is 9.17. The number of unbranched alkanes of at least 4 members (excludes halogenated alkanes) is 6. The van der Waals surface area contributed by atoms with E-state index in [0.717, 1.165) is 50.4 Å². The van der Waals surface area contributed by atoms with Crippen LogP contribution in [0.4, 0.5) is 0 Å². The fraction of sp³-hybridized carbons (Fsp3) is 0.769. The van der Waals surface area contributed by atoms with Crippen LogP contribution in [0.2, 0.25) is 0 Å². The number of esters is 2. The number of carbonyl (C=O) groups excluding carboxylic acids is 2. The van der Waals surface area contributed by atoms with E-state index < -0.39 is 11.9 Å². The van der Waals surface area contributed by atoms with E-state index in [2.05, 4.69) is 40.9 Å². The minimum absolute atomic E-state index is 0.00930. The number of ether oxygens (including phenoxy) is 3. The lowest BCUT2D eigenvalue weighted by Crippen LogP contribution is -2.16. The van der Waals surface area contributed by atoms with Crippen LogP contribution < -0.4 is 0 Å². The summed E-state index contributed by atoms with van der Waals surface area (Å²) in [7, 11) is 0. The van der Waals surface area contributed by atoms with Crippen LogP contribution in [0.15, 0.2) is 24.3 Å². The molecule has 0 heterocycles. The first-order valence-corrected chi connectivity index (χ1v) is 12.0. The number of carbonyl (C=O) groups is 2. The molecule has 0 aliphatic carbocycles. The van der Waals surface area contributed by atoms with E-state index >= 15 is 0 Å². The summed E-state index contributed by atoms with van der Waals surface area (Å²) >= 11 is 0. The van der Waals surface area contributed by atoms with E-state index in [1.807, 2.05) is 0 Å². The number of hydrogen-bond donors (Lipinski definition) is 0. The Kier molecular flexibility index (Phi) is 18.1. The van der Waals surface area contributed by atoms with E-state index in [1.54, 1.807) is 0 Å². The van der Waals surface area contributed by atoms with Crippen molar-refractivity contribution in [2.45, 2.75) is 91.9 Å². The molecule has 180 valence electrons. The number of hydrogen-bond acceptors (Lipinski definition) is 5. The average Bonchev–Trinajstić information content (AvgIpc) is 2.71. The van der Waals surface area contributed by atoms with E-state index in [9.17, 15) is 9.59 Å². The molecule has 0 amide bonds. The van der Waals surface area contributed by atoms with Gasteiger partial charge in [0.15, 0.2) is 0 Å². The van der Waals surface area contributed by atoms with Gasteiger partial charge in [0.25, 0.3) is 0 Å². The quantitative estimate of drug-likeness (QED) is 0.125. The molecule has 0 spiro atoms. The van der Waals surface area contributed by atoms with Gasteiger partial charge in [-0.1, -0.05) is 92.2 Å². The van der Waals surface area contributed by atoms with Gasteiger partial charge in [-0.2, -0.15) is 0 Å². The maximum Gasteiger partial charge on any atom is 0.335 e. The molecule has 0 unspecified atom stereocenters. The van der Waals surface area contributed by atoms with Crippen LogP contribution in [0.25, 0.3) is 0 Å². The van der Waals surface area contributed by atoms with Gasteiger partial charge >= 0.3 is 11.9 Å². The van der Waals surface area contributed by atoms with Crippen LogP contribution in [0.5, 0.6) is 0 Å². The van der Waals surface area contributed by atoms with Crippen LogP contribution in [-0.2, 0) is 23.8 Å². The molecular formula is C26H46O5. The van der Waals surface area contributed by atoms with Crippen molar-refractivity contribution in [2.24, 2.45) is 11.8 Å². The zero-order valence-electron chi connectivity index (χ0n) is 20.5. The maximum atomic E-state index is 11.9. The standard InChI is InChI=1S/C26H46O5/c1-21(2)15-11-7-9-13-17-30-25(27)23(5)19-29-20-24(6)26(28)31-18-14-10-8-12-16-22(3)4/h21-22H,5-20H2,1-4H3. The Morgan fingerprint density at radius 2 is 0.968 bits per heavy atom. The molecule has 5 nitrogen and oxygen atoms in total. The van der Waals surface area contributed by atoms with E-state index in [0.29, 0.717) is 13.2 Å². The van der Waals surface area contributed by atoms with Crippen molar-refractivity contribution in [3.8, 4) is 0 Å². The third-order valence-corrected chi connectivity index (χ3v) is 4.95. The van der Waals surface area contributed by atoms with Crippen molar-refractivity contribution in [1.29, 1.82) is 0 Å². The second kappa shape index (κ2) is 19.1. The van der Waals surface area contributed by atoms with Crippen LogP contribution >= 0.6 is 0 Å². The Morgan fingerprint density at radius 1 is 0.613 bits per heavy atom. The highest BCUT2D eigenvalue weighted by Crippen LogP contribution is 2.11. The Morgan fingerprint density at radius 3 is 1.32 bits per heavy atom. The highest BCUT2D eigenvalue weighted by atomic mass is 16.5. The first kappa shape index (κ1) is 29.4. The molecule has 31 heavy (non-hydrogen) atoms. The molecule has 5 heteroatoms. The van der Waals surface area contributed by atoms with Crippen molar-refractivity contribution in [3.05, 3.63) is 24.3 Å². The topological polar surface area (TPSA) is 61.8 Å². The van der Waals surface area contributed by atoms with Gasteiger partial charge < -0.3 is 14.2 Å². The molecule has 0 aliphatic heterocycles. The predicted octanol–water partition coefficient (Wildman–Crippen LogP) is 6.41. The molecule has 0 bridgehead atoms. The van der Waals surface area contributed by atoms with Crippen molar-refractivity contribution >= 4 is 11.9 Å². The molecule has 0 N–H and O–H groups in total. The van der Waals surface area contributed by atoms with Gasteiger partial charge in [0.1, 0.15) is 0 Å². The molecular weight excluding hydrogens is 392 g/mol. The Hall–Kier alpha value is -1.62. The monoisotopic (exact) mass is 438 g/mol. The van der Waals surface area contributed by atoms with Gasteiger partial charge in [-0.3, -0.25) is 0 Å². The molecule has 0 atom stereocenters. The highest BCUT2D eigenvalue weighted by Gasteiger charge is 2.12. The van der Waals surface area contributed by atoms with Gasteiger partial charge in [-0.05, 0) is 24.7 Å². The number of rotatable bonds is 20. The van der Waals surface area contributed by atoms with Gasteiger partial charge in [0, 0.05) is 0 Å². The van der Waals surface area contributed by atoms with Crippen LogP contribution in [0, 0.1) is 11.8 Å². The van der Waals surface area contributed by atoms with Crippen LogP contribution in [-0.4, -0.2) is 38.4 Å². The minimum Gasteiger partial charge on any atom is -0.462 e. The molecule has 0 saturated carbocycles. The summed E-state index contributed by atoms with van der Waals surface area (Å²) in [6.07, 6.45) is 11.1. The smallest absolute Gasteiger partial charge is 0.335 e. The summed E-state index contributed by atoms with van der Waals surface area (Å²) in [6, 6.07) is 0. The molecule has 0 aliphatic rings. The zero-order chi connectivity index (χ0) is 23.5. The Bertz CT molecular complexity index is 476. The summed E-state index contributed by atoms with van der Waals surface area (Å²) in [5.74, 6) is 0.577. The van der Waals surface area contributed by atoms with Crippen molar-refractivity contribution in [3.63, 3.8) is 0 Å². The average molecular weight is 439 g/mol. The SMILES string of the molecule is C=C(COCC(=C)C(=O)OCCCCCCC(C)C)C(=O)OCCCCCCC(C)C. The van der Waals surface area contributed by atoms with Crippen LogP contribution in [0.3, 0.4) is 0 Å². The Balaban J connectivity index is 3.69. The summed E-state index contributed by atoms with van der Waals surface area (Å²) < 4.78 is 15.8. The normalized spacial score (nSPS) is 11.0. The van der Waals surface area contributed by atoms with Gasteiger partial charge in [-0.15, -0.1) is 0 Å². The lowest BCUT2D eigenvalue weighted by Gasteiger charge is -2.10. The molecule has 0 fully saturated rings. The highest BCUT2D eigenvalue weighted by molar-refractivity contribution is 5.88. The lowest BCUT2D eigenvalue weighted by atomic mass is 10.0. The van der Waals surface area contributed by atoms with Gasteiger partial charge in [0.05, 0.1) is 37.6 Å². The Labute approximate surface area is 190 Å². The fourth-order valence-corrected chi connectivity index (χ4v) is 2.97. The fourth-order valence-electron chi connectivity index (χ4n) is 2.97. The van der Waals surface area contributed by atoms with Crippen molar-refractivity contribution in [1.82, 2.24) is 0 Å². The maximum absolute atomic E-state index is 11.9. The third kappa shape index (κ3) is 18.8. The zero-order valence-corrected chi connectivity index (χ0v) is 20.5. The van der Waals surface area contributed by atoms with Gasteiger partial charge in [-0.25, -0.2) is 9.59 Å². The van der Waals surface area contributed by atoms with E-state index in [4.69, 9.17) is 14.2 Å². The summed E-state index contributed by atoms with van der Waals surface area (Å²) in [5, 5.41) is 0. The second-order valence-electron chi connectivity index (χ2n) is 9.17. The van der Waals surface area contributed by atoms with Gasteiger partial charge in [0.2, 0.25) is 0 Å². The molecule has 0 radical (unpaired) electrons. The minimum atomic E-state index is -0.451. The van der Waals surface area contributed by atoms with E-state index in [-0.39, 0.29) is 24.4 Å². The molecule has 0 saturated heterocycles. The van der Waals surface area contributed by atoms with Crippen LogP contribution in [0.1, 0.15) is 91.9 Å². The van der Waals surface area contributed by atoms with E-state index in [1.165, 1.54) is 25.7 Å². The third-order valence-electron chi connectivity index (χ3n) is 4.95. The summed E-state index contributed by atoms with van der Waals surface area (Å²) in [4.78, 5) is 23.8. The summed E-state index contributed by atoms with van der Waals surface area (Å²) in [6.45, 7) is 17.1. The predicted molar refractivity (Wildman–Crippen MR) is 127 cm³/mol. The molecule has 0 rings (SSSR count). The first-order valence-electron chi connectivity index (χ1n) is 12.0. The van der Waals surface area contributed by atoms with Crippen molar-refractivity contribution < 1.29 is 23.8 Å².